The van der Waals surface area contributed by atoms with E-state index in [0.717, 1.165) is 49.6 Å². The number of aryl methyl sites for hydroxylation is 1. The second-order valence-corrected chi connectivity index (χ2v) is 7.11. The minimum absolute atomic E-state index is 0.722. The van der Waals surface area contributed by atoms with E-state index < -0.39 is 0 Å². The van der Waals surface area contributed by atoms with Gasteiger partial charge in [0.1, 0.15) is 0 Å². The molecule has 2 aromatic carbocycles. The second kappa shape index (κ2) is 6.62. The molecular formula is C20H15BrClN3. The first kappa shape index (κ1) is 16.3. The number of aromatic nitrogens is 3. The molecule has 4 aromatic rings. The minimum Gasteiger partial charge on any atom is -0.236 e. The third-order valence-corrected chi connectivity index (χ3v) is 4.98. The fourth-order valence-electron chi connectivity index (χ4n) is 2.99. The fourth-order valence-corrected chi connectivity index (χ4v) is 3.38. The van der Waals surface area contributed by atoms with E-state index in [1.54, 1.807) is 0 Å². The van der Waals surface area contributed by atoms with Gasteiger partial charge < -0.3 is 0 Å². The van der Waals surface area contributed by atoms with Gasteiger partial charge in [-0.3, -0.25) is 0 Å². The number of halogens is 2. The molecule has 2 aromatic heterocycles. The molecule has 0 amide bonds. The molecule has 0 N–H and O–H groups in total. The Morgan fingerprint density at radius 2 is 1.64 bits per heavy atom. The highest BCUT2D eigenvalue weighted by molar-refractivity contribution is 9.10. The Kier molecular flexibility index (Phi) is 4.32. The van der Waals surface area contributed by atoms with Crippen molar-refractivity contribution in [2.24, 2.45) is 0 Å². The van der Waals surface area contributed by atoms with Crippen LogP contribution in [0.2, 0.25) is 5.02 Å². The van der Waals surface area contributed by atoms with Crippen LogP contribution >= 0.6 is 27.5 Å². The molecule has 0 radical (unpaired) electrons. The lowest BCUT2D eigenvalue weighted by Crippen LogP contribution is -1.96. The van der Waals surface area contributed by atoms with E-state index in [0.29, 0.717) is 0 Å². The van der Waals surface area contributed by atoms with Crippen molar-refractivity contribution in [2.75, 3.05) is 0 Å². The Balaban J connectivity index is 1.97. The molecule has 0 saturated heterocycles. The van der Waals surface area contributed by atoms with Crippen LogP contribution in [0, 0.1) is 0 Å². The molecule has 0 aliphatic carbocycles. The summed E-state index contributed by atoms with van der Waals surface area (Å²) in [4.78, 5) is 4.61. The molecule has 0 atom stereocenters. The molecular weight excluding hydrogens is 398 g/mol. The average molecular weight is 413 g/mol. The lowest BCUT2D eigenvalue weighted by Gasteiger charge is -2.05. The van der Waals surface area contributed by atoms with Crippen molar-refractivity contribution in [1.82, 2.24) is 14.6 Å². The third-order valence-electron chi connectivity index (χ3n) is 4.20. The van der Waals surface area contributed by atoms with Gasteiger partial charge in [0.2, 0.25) is 0 Å². The van der Waals surface area contributed by atoms with Crippen molar-refractivity contribution in [1.29, 1.82) is 0 Å². The van der Waals surface area contributed by atoms with Crippen molar-refractivity contribution < 1.29 is 0 Å². The van der Waals surface area contributed by atoms with Crippen LogP contribution in [0.15, 0.2) is 65.3 Å². The van der Waals surface area contributed by atoms with E-state index in [9.17, 15) is 0 Å². The van der Waals surface area contributed by atoms with E-state index in [-0.39, 0.29) is 0 Å². The van der Waals surface area contributed by atoms with Crippen molar-refractivity contribution in [3.63, 3.8) is 0 Å². The van der Waals surface area contributed by atoms with Crippen LogP contribution in [0.3, 0.4) is 0 Å². The maximum absolute atomic E-state index is 6.02. The molecule has 0 aliphatic heterocycles. The molecule has 0 spiro atoms. The summed E-state index contributed by atoms with van der Waals surface area (Å²) in [5.74, 6) is 0. The zero-order chi connectivity index (χ0) is 17.4. The maximum atomic E-state index is 6.02. The molecule has 124 valence electrons. The van der Waals surface area contributed by atoms with Gasteiger partial charge in [0, 0.05) is 26.8 Å². The number of benzene rings is 2. The molecule has 3 nitrogen and oxygen atoms in total. The van der Waals surface area contributed by atoms with Crippen molar-refractivity contribution in [3.05, 3.63) is 76.0 Å². The SMILES string of the molecule is CCc1nn2c(-c3ccc(Cl)cc3)ccnc2c1-c1ccc(Br)cc1. The summed E-state index contributed by atoms with van der Waals surface area (Å²) in [5.41, 5.74) is 6.17. The number of rotatable bonds is 3. The predicted octanol–water partition coefficient (Wildman–Crippen LogP) is 6.04. The number of nitrogens with zero attached hydrogens (tertiary/aromatic N) is 3. The number of fused-ring (bicyclic) bond motifs is 1. The summed E-state index contributed by atoms with van der Waals surface area (Å²) in [7, 11) is 0. The largest absolute Gasteiger partial charge is 0.236 e. The highest BCUT2D eigenvalue weighted by Crippen LogP contribution is 2.31. The molecule has 0 unspecified atom stereocenters. The van der Waals surface area contributed by atoms with Crippen molar-refractivity contribution >= 4 is 33.2 Å². The van der Waals surface area contributed by atoms with Gasteiger partial charge in [-0.05, 0) is 42.3 Å². The standard InChI is InChI=1S/C20H15BrClN3/c1-2-17-19(14-3-7-15(21)8-4-14)20-23-12-11-18(25(20)24-17)13-5-9-16(22)10-6-13/h3-12H,2H2,1H3. The molecule has 0 fully saturated rings. The molecule has 2 heterocycles. The van der Waals surface area contributed by atoms with E-state index in [4.69, 9.17) is 16.7 Å². The van der Waals surface area contributed by atoms with Gasteiger partial charge in [0.15, 0.2) is 5.65 Å². The molecule has 0 aliphatic rings. The minimum atomic E-state index is 0.722. The molecule has 25 heavy (non-hydrogen) atoms. The highest BCUT2D eigenvalue weighted by Gasteiger charge is 2.17. The molecule has 4 rings (SSSR count). The Morgan fingerprint density at radius 1 is 0.960 bits per heavy atom. The van der Waals surface area contributed by atoms with Gasteiger partial charge in [-0.1, -0.05) is 58.7 Å². The highest BCUT2D eigenvalue weighted by atomic mass is 79.9. The quantitative estimate of drug-likeness (QED) is 0.410. The number of hydrogen-bond donors (Lipinski definition) is 0. The zero-order valence-electron chi connectivity index (χ0n) is 13.6. The second-order valence-electron chi connectivity index (χ2n) is 5.75. The Labute approximate surface area is 159 Å². The summed E-state index contributed by atoms with van der Waals surface area (Å²) >= 11 is 9.52. The first-order chi connectivity index (χ1) is 12.2. The van der Waals surface area contributed by atoms with Crippen LogP contribution < -0.4 is 0 Å². The Bertz CT molecular complexity index is 1040. The van der Waals surface area contributed by atoms with E-state index in [1.165, 1.54) is 0 Å². The van der Waals surface area contributed by atoms with Gasteiger partial charge in [-0.2, -0.15) is 5.10 Å². The number of hydrogen-bond acceptors (Lipinski definition) is 2. The molecule has 0 bridgehead atoms. The third kappa shape index (κ3) is 2.96. The van der Waals surface area contributed by atoms with E-state index in [1.807, 2.05) is 53.2 Å². The lowest BCUT2D eigenvalue weighted by molar-refractivity contribution is 0.894. The summed E-state index contributed by atoms with van der Waals surface area (Å²) in [5, 5.41) is 5.56. The topological polar surface area (TPSA) is 30.2 Å². The monoisotopic (exact) mass is 411 g/mol. The predicted molar refractivity (Wildman–Crippen MR) is 106 cm³/mol. The lowest BCUT2D eigenvalue weighted by atomic mass is 10.0. The van der Waals surface area contributed by atoms with Gasteiger partial charge in [0.25, 0.3) is 0 Å². The smallest absolute Gasteiger partial charge is 0.163 e. The van der Waals surface area contributed by atoms with Gasteiger partial charge >= 0.3 is 0 Å². The van der Waals surface area contributed by atoms with Gasteiger partial charge in [-0.15, -0.1) is 0 Å². The Morgan fingerprint density at radius 3 is 2.32 bits per heavy atom. The van der Waals surface area contributed by atoms with Gasteiger partial charge in [-0.25, -0.2) is 9.50 Å². The van der Waals surface area contributed by atoms with Crippen LogP contribution in [0.1, 0.15) is 12.6 Å². The summed E-state index contributed by atoms with van der Waals surface area (Å²) < 4.78 is 2.99. The van der Waals surface area contributed by atoms with Crippen LogP contribution in [-0.2, 0) is 6.42 Å². The maximum Gasteiger partial charge on any atom is 0.163 e. The summed E-state index contributed by atoms with van der Waals surface area (Å²) in [6.45, 7) is 2.12. The van der Waals surface area contributed by atoms with Gasteiger partial charge in [0.05, 0.1) is 11.4 Å². The average Bonchev–Trinajstić information content (AvgIpc) is 3.02. The van der Waals surface area contributed by atoms with E-state index in [2.05, 4.69) is 40.0 Å². The van der Waals surface area contributed by atoms with Crippen molar-refractivity contribution in [2.45, 2.75) is 13.3 Å². The van der Waals surface area contributed by atoms with Crippen LogP contribution in [-0.4, -0.2) is 14.6 Å². The zero-order valence-corrected chi connectivity index (χ0v) is 15.9. The van der Waals surface area contributed by atoms with Crippen LogP contribution in [0.5, 0.6) is 0 Å². The Hall–Kier alpha value is -2.17. The first-order valence-corrected chi connectivity index (χ1v) is 9.23. The summed E-state index contributed by atoms with van der Waals surface area (Å²) in [6, 6.07) is 18.0. The van der Waals surface area contributed by atoms with E-state index >= 15 is 0 Å². The summed E-state index contributed by atoms with van der Waals surface area (Å²) in [6.07, 6.45) is 2.68. The van der Waals surface area contributed by atoms with Crippen LogP contribution in [0.4, 0.5) is 0 Å². The first-order valence-electron chi connectivity index (χ1n) is 8.06. The normalized spacial score (nSPS) is 11.2. The van der Waals surface area contributed by atoms with Crippen LogP contribution in [0.25, 0.3) is 28.0 Å². The molecule has 0 saturated carbocycles. The fraction of sp³-hybridized carbons (Fsp3) is 0.100. The van der Waals surface area contributed by atoms with Crippen molar-refractivity contribution in [3.8, 4) is 22.4 Å². The molecule has 5 heteroatoms.